The average Bonchev–Trinajstić information content (AvgIpc) is 1.75. The SMILES string of the molecule is CC(C)(C)OC(=O)N[C@@H]1c2ccccc2C[C@H]1N.CCOc1ccc(OC)c(F)c1C(=O)c1ccc(C(=O)O)cc1.COc1ccc(O)c(C(=O)c2ccc(C(=O)N[C@@H]3c4ccccc4C[C@H]3NC(=O)c3ccncc3)cc2)c1F.N[C@@H]1c2ccccc2C[C@H]1NC(=O)c1ccncc1.O=C(O)c1ccncc1. The van der Waals surface area contributed by atoms with E-state index in [4.69, 9.17) is 40.6 Å². The van der Waals surface area contributed by atoms with Crippen LogP contribution < -0.4 is 46.9 Å². The molecule has 0 bridgehead atoms. The number of aromatic nitrogens is 3. The van der Waals surface area contributed by atoms with Crippen molar-refractivity contribution in [3.8, 4) is 23.0 Å². The van der Waals surface area contributed by atoms with Crippen molar-refractivity contribution in [3.05, 3.63) is 314 Å². The first-order chi connectivity index (χ1) is 51.8. The van der Waals surface area contributed by atoms with E-state index in [1.54, 1.807) is 43.6 Å². The van der Waals surface area contributed by atoms with Gasteiger partial charge in [0.1, 0.15) is 28.2 Å². The van der Waals surface area contributed by atoms with Gasteiger partial charge in [0, 0.05) is 71.0 Å². The third-order valence-corrected chi connectivity index (χ3v) is 17.3. The first-order valence-electron chi connectivity index (χ1n) is 34.0. The minimum absolute atomic E-state index is 0.0395. The summed E-state index contributed by atoms with van der Waals surface area (Å²) in [6.45, 7) is 7.52. The highest BCUT2D eigenvalue weighted by Gasteiger charge is 2.37. The van der Waals surface area contributed by atoms with E-state index in [1.807, 2.05) is 87.5 Å². The van der Waals surface area contributed by atoms with Crippen LogP contribution in [0.1, 0.15) is 163 Å². The molecule has 0 saturated carbocycles. The number of fused-ring (bicyclic) bond motifs is 3. The van der Waals surface area contributed by atoms with Crippen LogP contribution in [0.4, 0.5) is 13.6 Å². The number of alkyl carbamates (subject to hydrolysis) is 1. The third kappa shape index (κ3) is 20.0. The standard InChI is InChI=1S/C30H24FN3O5.C17H15FO5.C15H15N3O.C14H20N2O2.C6H5NO2/c1-39-24-11-10-23(35)25(26(24)31)28(36)17-6-8-18(9-7-17)30(38)34-27-21-5-3-2-4-20(21)16-22(27)33-29(37)19-12-14-32-15-13-19;1-3-23-12-8-9-13(22-2)15(18)14(12)16(19)10-4-6-11(7-5-10)17(20)21;16-14-12-4-2-1-3-11(12)9-13(14)18-15(19)10-5-7-17-8-6-10;1-14(2,3)18-13(17)16-12-10-7-5-4-6-9(10)8-11(12)15;8-6(9)5-1-3-7-4-2-5/h2-15,22,27,35H,16H2,1H3,(H,33,37)(H,34,38);4-9H,3H2,1-2H3,(H,20,21);1-8,13-14H,9,16H2,(H,18,19);4-7,11-12H,8,15H2,1-3H3,(H,16,17);1-4H,(H,8,9)/t22-,27-;;13-,14-;11-,12-;/m1.11./s1. The number of aromatic hydroxyl groups is 1. The number of halogens is 2. The lowest BCUT2D eigenvalue weighted by molar-refractivity contribution is 0.0497. The van der Waals surface area contributed by atoms with E-state index in [2.05, 4.69) is 42.3 Å². The molecule has 6 atom stereocenters. The van der Waals surface area contributed by atoms with Gasteiger partial charge in [0.2, 0.25) is 0 Å². The van der Waals surface area contributed by atoms with Gasteiger partial charge >= 0.3 is 18.0 Å². The van der Waals surface area contributed by atoms with Crippen LogP contribution in [0, 0.1) is 11.6 Å². The molecule has 0 saturated heterocycles. The summed E-state index contributed by atoms with van der Waals surface area (Å²) in [5.41, 5.74) is 19.5. The number of benzene rings is 7. The number of phenolic OH excluding ortho intramolecular Hbond substituents is 1. The fraction of sp³-hybridized carbons (Fsp3) is 0.207. The van der Waals surface area contributed by atoms with Gasteiger partial charge in [-0.1, -0.05) is 97.1 Å². The average molecular weight is 1470 g/mol. The van der Waals surface area contributed by atoms with Crippen LogP contribution in [0.2, 0.25) is 0 Å². The van der Waals surface area contributed by atoms with Crippen LogP contribution >= 0.6 is 0 Å². The zero-order valence-corrected chi connectivity index (χ0v) is 59.6. The summed E-state index contributed by atoms with van der Waals surface area (Å²) in [5, 5.41) is 39.2. The van der Waals surface area contributed by atoms with Gasteiger partial charge in [0.05, 0.1) is 62.2 Å². The number of hydrogen-bond acceptors (Lipinski definition) is 18. The van der Waals surface area contributed by atoms with E-state index in [0.717, 1.165) is 35.1 Å². The lowest BCUT2D eigenvalue weighted by Gasteiger charge is -2.23. The highest BCUT2D eigenvalue weighted by Crippen LogP contribution is 2.36. The summed E-state index contributed by atoms with van der Waals surface area (Å²) in [5.74, 6) is -6.60. The monoisotopic (exact) mass is 1470 g/mol. The molecule has 3 heterocycles. The number of nitrogens with two attached hydrogens (primary N) is 2. The molecular formula is C82H79F2N9O15. The van der Waals surface area contributed by atoms with Crippen molar-refractivity contribution in [2.75, 3.05) is 20.8 Å². The number of nitrogens with zero attached hydrogens (tertiary/aromatic N) is 3. The van der Waals surface area contributed by atoms with Crippen LogP contribution in [0.25, 0.3) is 0 Å². The second kappa shape index (κ2) is 36.6. The molecule has 0 aliphatic heterocycles. The minimum Gasteiger partial charge on any atom is -0.507 e. The number of amides is 4. The Morgan fingerprint density at radius 3 is 1.31 bits per heavy atom. The molecule has 3 aliphatic carbocycles. The number of methoxy groups -OCH3 is 2. The Balaban J connectivity index is 0.000000167. The molecule has 24 nitrogen and oxygen atoms in total. The van der Waals surface area contributed by atoms with Gasteiger partial charge in [-0.05, 0) is 165 Å². The maximum atomic E-state index is 14.7. The van der Waals surface area contributed by atoms with Crippen LogP contribution in [0.15, 0.2) is 219 Å². The number of nitrogens with one attached hydrogen (secondary N) is 4. The molecule has 3 aliphatic rings. The molecule has 0 spiro atoms. The second-order valence-electron chi connectivity index (χ2n) is 25.6. The molecule has 11 N–H and O–H groups in total. The van der Waals surface area contributed by atoms with Crippen molar-refractivity contribution in [2.45, 2.75) is 88.8 Å². The van der Waals surface area contributed by atoms with E-state index < -0.39 is 70.1 Å². The van der Waals surface area contributed by atoms with Gasteiger partial charge in [-0.3, -0.25) is 38.9 Å². The Kier molecular flexibility index (Phi) is 26.8. The van der Waals surface area contributed by atoms with E-state index in [-0.39, 0.29) is 99.3 Å². The molecule has 0 fully saturated rings. The molecule has 13 rings (SSSR count). The molecule has 26 heteroatoms. The molecule has 3 aromatic heterocycles. The molecule has 108 heavy (non-hydrogen) atoms. The Hall–Kier alpha value is -13.1. The highest BCUT2D eigenvalue weighted by atomic mass is 19.1. The number of rotatable bonds is 17. The van der Waals surface area contributed by atoms with Crippen molar-refractivity contribution < 1.29 is 81.4 Å². The lowest BCUT2D eigenvalue weighted by Crippen LogP contribution is -2.44. The first-order valence-corrected chi connectivity index (χ1v) is 34.0. The van der Waals surface area contributed by atoms with E-state index in [1.165, 1.54) is 135 Å². The van der Waals surface area contributed by atoms with E-state index in [0.29, 0.717) is 17.5 Å². The smallest absolute Gasteiger partial charge is 0.408 e. The predicted octanol–water partition coefficient (Wildman–Crippen LogP) is 11.5. The summed E-state index contributed by atoms with van der Waals surface area (Å²) >= 11 is 0. The fourth-order valence-electron chi connectivity index (χ4n) is 12.1. The van der Waals surface area contributed by atoms with Gasteiger partial charge in [-0.15, -0.1) is 0 Å². The third-order valence-electron chi connectivity index (χ3n) is 17.3. The zero-order valence-electron chi connectivity index (χ0n) is 59.6. The Labute approximate surface area is 620 Å². The van der Waals surface area contributed by atoms with Crippen molar-refractivity contribution in [1.82, 2.24) is 36.2 Å². The summed E-state index contributed by atoms with van der Waals surface area (Å²) in [6.07, 6.45) is 10.9. The molecular weight excluding hydrogens is 1390 g/mol. The van der Waals surface area contributed by atoms with Gasteiger partial charge in [0.15, 0.2) is 34.7 Å². The van der Waals surface area contributed by atoms with Crippen LogP contribution in [-0.2, 0) is 24.0 Å². The van der Waals surface area contributed by atoms with Gasteiger partial charge < -0.3 is 67.0 Å². The van der Waals surface area contributed by atoms with Gasteiger partial charge in [-0.25, -0.2) is 23.2 Å². The number of carbonyl (C=O) groups is 8. The molecule has 4 amide bonds. The van der Waals surface area contributed by atoms with Crippen LogP contribution in [0.3, 0.4) is 0 Å². The number of ketones is 2. The summed E-state index contributed by atoms with van der Waals surface area (Å²) in [7, 11) is 2.56. The Morgan fingerprint density at radius 2 is 0.833 bits per heavy atom. The number of aromatic carboxylic acids is 2. The van der Waals surface area contributed by atoms with Gasteiger partial charge in [0.25, 0.3) is 17.7 Å². The van der Waals surface area contributed by atoms with E-state index >= 15 is 0 Å². The summed E-state index contributed by atoms with van der Waals surface area (Å²) in [4.78, 5) is 108. The van der Waals surface area contributed by atoms with Gasteiger partial charge in [-0.2, -0.15) is 0 Å². The van der Waals surface area contributed by atoms with Crippen molar-refractivity contribution >= 4 is 47.3 Å². The number of pyridine rings is 3. The molecule has 0 radical (unpaired) electrons. The minimum atomic E-state index is -1.11. The largest absolute Gasteiger partial charge is 0.507 e. The first kappa shape index (κ1) is 79.1. The number of carbonyl (C=O) groups excluding carboxylic acids is 6. The number of carboxylic acid groups (broad SMARTS) is 2. The number of carboxylic acids is 2. The topological polar surface area (TPSA) is 373 Å². The Morgan fingerprint density at radius 1 is 0.454 bits per heavy atom. The number of hydrogen-bond donors (Lipinski definition) is 9. The fourth-order valence-corrected chi connectivity index (χ4v) is 12.1. The Bertz CT molecular complexity index is 4860. The van der Waals surface area contributed by atoms with Crippen molar-refractivity contribution in [2.24, 2.45) is 11.5 Å². The van der Waals surface area contributed by atoms with Crippen LogP contribution in [-0.4, -0.2) is 122 Å². The number of phenols is 1. The lowest BCUT2D eigenvalue weighted by atomic mass is 9.99. The highest BCUT2D eigenvalue weighted by molar-refractivity contribution is 6.12. The summed E-state index contributed by atoms with van der Waals surface area (Å²) in [6, 6.07) is 48.1. The predicted molar refractivity (Wildman–Crippen MR) is 395 cm³/mol. The maximum Gasteiger partial charge on any atom is 0.408 e. The quantitative estimate of drug-likeness (QED) is 0.0382. The second-order valence-corrected chi connectivity index (χ2v) is 25.6. The van der Waals surface area contributed by atoms with Crippen molar-refractivity contribution in [1.29, 1.82) is 0 Å². The number of ether oxygens (including phenoxy) is 4. The van der Waals surface area contributed by atoms with Crippen LogP contribution in [0.5, 0.6) is 23.0 Å². The molecule has 556 valence electrons. The zero-order chi connectivity index (χ0) is 77.8. The van der Waals surface area contributed by atoms with E-state index in [9.17, 15) is 52.2 Å². The maximum absolute atomic E-state index is 14.7. The summed E-state index contributed by atoms with van der Waals surface area (Å²) < 4.78 is 49.5. The molecule has 7 aromatic carbocycles. The van der Waals surface area contributed by atoms with Crippen molar-refractivity contribution in [3.63, 3.8) is 0 Å². The molecule has 0 unspecified atom stereocenters. The molecule has 10 aromatic rings. The normalized spacial score (nSPS) is 16.0.